The Hall–Kier alpha value is -4.20. The molecule has 3 aromatic rings. The highest BCUT2D eigenvalue weighted by atomic mass is 16.6. The summed E-state index contributed by atoms with van der Waals surface area (Å²) in [5.41, 5.74) is 1.67. The number of methoxy groups -OCH3 is 2. The second kappa shape index (κ2) is 10.0. The lowest BCUT2D eigenvalue weighted by Crippen LogP contribution is -2.19. The molecule has 31 heavy (non-hydrogen) atoms. The largest absolute Gasteiger partial charge is 0.493 e. The summed E-state index contributed by atoms with van der Waals surface area (Å²) in [5, 5.41) is 5.28. The number of benzene rings is 3. The fourth-order valence-electron chi connectivity index (χ4n) is 2.72. The minimum Gasteiger partial charge on any atom is -0.493 e. The molecule has 0 heterocycles. The fourth-order valence-corrected chi connectivity index (χ4v) is 2.72. The topological polar surface area (TPSA) is 95.1 Å². The van der Waals surface area contributed by atoms with E-state index in [1.54, 1.807) is 66.7 Å². The summed E-state index contributed by atoms with van der Waals surface area (Å²) < 4.78 is 21.0. The number of carbonyl (C=O) groups excluding carboxylic acids is 2. The first-order valence-electron chi connectivity index (χ1n) is 9.34. The molecule has 0 aliphatic heterocycles. The van der Waals surface area contributed by atoms with E-state index in [1.165, 1.54) is 14.2 Å². The summed E-state index contributed by atoms with van der Waals surface area (Å²) in [5.74, 6) is 1.44. The fraction of sp³-hybridized carbons (Fsp3) is 0.130. The van der Waals surface area contributed by atoms with Crippen LogP contribution in [0.2, 0.25) is 0 Å². The van der Waals surface area contributed by atoms with Gasteiger partial charge in [0.05, 0.1) is 14.2 Å². The molecule has 0 fully saturated rings. The SMILES string of the molecule is COc1ccccc1OC(=O)Nc1ccc(C)c(NC(=O)Oc2ccccc2OC)c1. The first kappa shape index (κ1) is 21.5. The normalized spacial score (nSPS) is 10.0. The van der Waals surface area contributed by atoms with Crippen LogP contribution in [0.25, 0.3) is 0 Å². The molecule has 0 atom stereocenters. The molecule has 0 aromatic heterocycles. The van der Waals surface area contributed by atoms with E-state index in [-0.39, 0.29) is 11.5 Å². The molecular weight excluding hydrogens is 400 g/mol. The van der Waals surface area contributed by atoms with Crippen molar-refractivity contribution in [3.05, 3.63) is 72.3 Å². The molecule has 160 valence electrons. The lowest BCUT2D eigenvalue weighted by Gasteiger charge is -2.13. The highest BCUT2D eigenvalue weighted by Gasteiger charge is 2.13. The van der Waals surface area contributed by atoms with Gasteiger partial charge in [-0.25, -0.2) is 9.59 Å². The van der Waals surface area contributed by atoms with Crippen molar-refractivity contribution >= 4 is 23.6 Å². The van der Waals surface area contributed by atoms with Crippen LogP contribution in [0.1, 0.15) is 5.56 Å². The van der Waals surface area contributed by atoms with Gasteiger partial charge >= 0.3 is 12.2 Å². The Morgan fingerprint density at radius 1 is 0.677 bits per heavy atom. The maximum atomic E-state index is 12.3. The zero-order valence-electron chi connectivity index (χ0n) is 17.3. The van der Waals surface area contributed by atoms with Gasteiger partial charge in [0.1, 0.15) is 0 Å². The van der Waals surface area contributed by atoms with Crippen molar-refractivity contribution in [1.29, 1.82) is 0 Å². The summed E-state index contributed by atoms with van der Waals surface area (Å²) in [6.45, 7) is 1.82. The van der Waals surface area contributed by atoms with Gasteiger partial charge in [0.25, 0.3) is 0 Å². The molecule has 3 aromatic carbocycles. The Morgan fingerprint density at radius 3 is 1.68 bits per heavy atom. The second-order valence-corrected chi connectivity index (χ2v) is 6.36. The molecule has 0 saturated heterocycles. The lowest BCUT2D eigenvalue weighted by atomic mass is 10.2. The Bertz CT molecular complexity index is 1080. The Balaban J connectivity index is 1.67. The Kier molecular flexibility index (Phi) is 6.95. The number of carbonyl (C=O) groups is 2. The minimum absolute atomic E-state index is 0.286. The smallest absolute Gasteiger partial charge is 0.417 e. The number of anilines is 2. The van der Waals surface area contributed by atoms with Gasteiger partial charge < -0.3 is 18.9 Å². The molecule has 0 aliphatic rings. The standard InChI is InChI=1S/C23H22N2O6/c1-15-12-13-16(24-22(26)30-20-10-6-4-8-18(20)28-2)14-17(15)25-23(27)31-21-11-7-5-9-19(21)29-3/h4-14H,1-3H3,(H,24,26)(H,25,27). The minimum atomic E-state index is -0.698. The van der Waals surface area contributed by atoms with Crippen LogP contribution in [-0.4, -0.2) is 26.4 Å². The summed E-state index contributed by atoms with van der Waals surface area (Å²) in [4.78, 5) is 24.6. The van der Waals surface area contributed by atoms with Crippen LogP contribution in [-0.2, 0) is 0 Å². The summed E-state index contributed by atoms with van der Waals surface area (Å²) in [6, 6.07) is 18.6. The van der Waals surface area contributed by atoms with Crippen molar-refractivity contribution in [1.82, 2.24) is 0 Å². The van der Waals surface area contributed by atoms with Gasteiger partial charge in [-0.1, -0.05) is 30.3 Å². The van der Waals surface area contributed by atoms with E-state index in [9.17, 15) is 9.59 Å². The molecule has 2 N–H and O–H groups in total. The highest BCUT2D eigenvalue weighted by molar-refractivity contribution is 5.91. The molecule has 8 nitrogen and oxygen atoms in total. The van der Waals surface area contributed by atoms with Crippen LogP contribution in [0, 0.1) is 6.92 Å². The number of hydrogen-bond donors (Lipinski definition) is 2. The van der Waals surface area contributed by atoms with Crippen molar-refractivity contribution in [2.75, 3.05) is 24.9 Å². The van der Waals surface area contributed by atoms with Crippen LogP contribution in [0.4, 0.5) is 21.0 Å². The zero-order chi connectivity index (χ0) is 22.2. The number of nitrogens with one attached hydrogen (secondary N) is 2. The highest BCUT2D eigenvalue weighted by Crippen LogP contribution is 2.28. The van der Waals surface area contributed by atoms with Gasteiger partial charge in [-0.15, -0.1) is 0 Å². The van der Waals surface area contributed by atoms with Crippen LogP contribution in [0.3, 0.4) is 0 Å². The van der Waals surface area contributed by atoms with E-state index in [4.69, 9.17) is 18.9 Å². The maximum absolute atomic E-state index is 12.3. The Labute approximate surface area is 179 Å². The predicted molar refractivity (Wildman–Crippen MR) is 116 cm³/mol. The van der Waals surface area contributed by atoms with Gasteiger partial charge in [0, 0.05) is 11.4 Å². The first-order chi connectivity index (χ1) is 15.0. The van der Waals surface area contributed by atoms with E-state index < -0.39 is 12.2 Å². The van der Waals surface area contributed by atoms with Crippen LogP contribution >= 0.6 is 0 Å². The molecule has 0 spiro atoms. The first-order valence-corrected chi connectivity index (χ1v) is 9.34. The summed E-state index contributed by atoms with van der Waals surface area (Å²) >= 11 is 0. The monoisotopic (exact) mass is 422 g/mol. The molecule has 2 amide bonds. The molecule has 0 bridgehead atoms. The maximum Gasteiger partial charge on any atom is 0.417 e. The van der Waals surface area contributed by atoms with Gasteiger partial charge in [0.15, 0.2) is 23.0 Å². The molecule has 0 radical (unpaired) electrons. The van der Waals surface area contributed by atoms with Crippen molar-refractivity contribution < 1.29 is 28.5 Å². The van der Waals surface area contributed by atoms with Crippen molar-refractivity contribution in [3.63, 3.8) is 0 Å². The van der Waals surface area contributed by atoms with Crippen molar-refractivity contribution in [2.45, 2.75) is 6.92 Å². The summed E-state index contributed by atoms with van der Waals surface area (Å²) in [6.07, 6.45) is -1.39. The molecule has 0 unspecified atom stereocenters. The Morgan fingerprint density at radius 2 is 1.16 bits per heavy atom. The van der Waals surface area contributed by atoms with Gasteiger partial charge in [-0.05, 0) is 48.9 Å². The van der Waals surface area contributed by atoms with Crippen molar-refractivity contribution in [3.8, 4) is 23.0 Å². The van der Waals surface area contributed by atoms with Crippen LogP contribution in [0.5, 0.6) is 23.0 Å². The number of ether oxygens (including phenoxy) is 4. The number of rotatable bonds is 6. The average Bonchev–Trinajstić information content (AvgIpc) is 2.76. The van der Waals surface area contributed by atoms with Crippen LogP contribution < -0.4 is 29.6 Å². The molecule has 3 rings (SSSR count). The molecule has 0 saturated carbocycles. The third-order valence-corrected chi connectivity index (χ3v) is 4.26. The number of para-hydroxylation sites is 4. The third kappa shape index (κ3) is 5.66. The van der Waals surface area contributed by atoms with Gasteiger partial charge in [-0.2, -0.15) is 0 Å². The summed E-state index contributed by atoms with van der Waals surface area (Å²) in [7, 11) is 2.98. The van der Waals surface area contributed by atoms with E-state index in [0.717, 1.165) is 5.56 Å². The molecular formula is C23H22N2O6. The van der Waals surface area contributed by atoms with E-state index in [1.807, 2.05) is 6.92 Å². The van der Waals surface area contributed by atoms with E-state index >= 15 is 0 Å². The third-order valence-electron chi connectivity index (χ3n) is 4.26. The van der Waals surface area contributed by atoms with Gasteiger partial charge in [-0.3, -0.25) is 10.6 Å². The zero-order valence-corrected chi connectivity index (χ0v) is 17.3. The van der Waals surface area contributed by atoms with E-state index in [0.29, 0.717) is 22.9 Å². The van der Waals surface area contributed by atoms with E-state index in [2.05, 4.69) is 10.6 Å². The quantitative estimate of drug-likeness (QED) is 0.565. The average molecular weight is 422 g/mol. The number of aryl methyl sites for hydroxylation is 1. The molecule has 8 heteroatoms. The molecule has 0 aliphatic carbocycles. The number of amides is 2. The van der Waals surface area contributed by atoms with Crippen molar-refractivity contribution in [2.24, 2.45) is 0 Å². The lowest BCUT2D eigenvalue weighted by molar-refractivity contribution is 0.212. The van der Waals surface area contributed by atoms with Crippen LogP contribution in [0.15, 0.2) is 66.7 Å². The van der Waals surface area contributed by atoms with Gasteiger partial charge in [0.2, 0.25) is 0 Å². The number of hydrogen-bond acceptors (Lipinski definition) is 6. The second-order valence-electron chi connectivity index (χ2n) is 6.36. The predicted octanol–water partition coefficient (Wildman–Crippen LogP) is 5.23.